The molecule has 3 rings (SSSR count). The van der Waals surface area contributed by atoms with Gasteiger partial charge in [0.15, 0.2) is 0 Å². The molecule has 0 atom stereocenters. The minimum atomic E-state index is -0.0361. The first-order valence-electron chi connectivity index (χ1n) is 8.72. The number of nitrogens with one attached hydrogen (secondary N) is 1. The van der Waals surface area contributed by atoms with Gasteiger partial charge in [-0.05, 0) is 30.5 Å². The van der Waals surface area contributed by atoms with Gasteiger partial charge in [-0.15, -0.1) is 0 Å². The van der Waals surface area contributed by atoms with Crippen LogP contribution in [0.3, 0.4) is 0 Å². The van der Waals surface area contributed by atoms with Gasteiger partial charge >= 0.3 is 0 Å². The first kappa shape index (κ1) is 16.6. The number of carbonyl (C=O) groups excluding carboxylic acids is 1. The Balaban J connectivity index is 1.79. The lowest BCUT2D eigenvalue weighted by molar-refractivity contribution is -0.117. The topological polar surface area (TPSA) is 38.3 Å². The first-order valence-corrected chi connectivity index (χ1v) is 8.72. The van der Waals surface area contributed by atoms with Gasteiger partial charge in [-0.3, -0.25) is 4.79 Å². The highest BCUT2D eigenvalue weighted by Gasteiger charge is 2.36. The molecule has 1 saturated carbocycles. The van der Waals surface area contributed by atoms with Crippen LogP contribution in [0, 0.1) is 0 Å². The van der Waals surface area contributed by atoms with Crippen molar-refractivity contribution in [3.8, 4) is 5.75 Å². The summed E-state index contributed by atoms with van der Waals surface area (Å²) in [7, 11) is 1.62. The van der Waals surface area contributed by atoms with E-state index in [1.807, 2.05) is 30.3 Å². The quantitative estimate of drug-likeness (QED) is 0.847. The third-order valence-corrected chi connectivity index (χ3v) is 5.08. The summed E-state index contributed by atoms with van der Waals surface area (Å²) in [5, 5.41) is 3.04. The molecule has 24 heavy (non-hydrogen) atoms. The van der Waals surface area contributed by atoms with Gasteiger partial charge in [0.2, 0.25) is 5.91 Å². The Morgan fingerprint density at radius 3 is 2.38 bits per heavy atom. The number of anilines is 1. The van der Waals surface area contributed by atoms with E-state index in [0.717, 1.165) is 18.5 Å². The molecule has 0 unspecified atom stereocenters. The fraction of sp³-hybridized carbons (Fsp3) is 0.381. The highest BCUT2D eigenvalue weighted by Crippen LogP contribution is 2.42. The number of carbonyl (C=O) groups is 1. The van der Waals surface area contributed by atoms with Crippen LogP contribution in [-0.4, -0.2) is 13.0 Å². The summed E-state index contributed by atoms with van der Waals surface area (Å²) in [4.78, 5) is 12.8. The summed E-state index contributed by atoms with van der Waals surface area (Å²) in [6.45, 7) is 0. The molecular formula is C21H25NO2. The Morgan fingerprint density at radius 2 is 1.67 bits per heavy atom. The highest BCUT2D eigenvalue weighted by molar-refractivity contribution is 5.93. The van der Waals surface area contributed by atoms with Crippen LogP contribution < -0.4 is 10.1 Å². The van der Waals surface area contributed by atoms with Crippen LogP contribution in [0.5, 0.6) is 5.75 Å². The normalized spacial score (nSPS) is 16.4. The van der Waals surface area contributed by atoms with Crippen LogP contribution in [0.15, 0.2) is 54.6 Å². The average molecular weight is 323 g/mol. The van der Waals surface area contributed by atoms with E-state index in [2.05, 4.69) is 29.6 Å². The molecule has 126 valence electrons. The molecule has 0 aliphatic heterocycles. The Kier molecular flexibility index (Phi) is 5.19. The van der Waals surface area contributed by atoms with E-state index in [-0.39, 0.29) is 11.3 Å². The smallest absolute Gasteiger partial charge is 0.225 e. The van der Waals surface area contributed by atoms with Crippen LogP contribution in [0.1, 0.15) is 44.1 Å². The van der Waals surface area contributed by atoms with Gasteiger partial charge in [0.25, 0.3) is 0 Å². The number of benzene rings is 2. The van der Waals surface area contributed by atoms with Gasteiger partial charge in [0.1, 0.15) is 5.75 Å². The fourth-order valence-corrected chi connectivity index (χ4v) is 3.84. The van der Waals surface area contributed by atoms with Gasteiger partial charge in [0.05, 0.1) is 12.8 Å². The molecule has 3 heteroatoms. The number of hydrogen-bond donors (Lipinski definition) is 1. The Morgan fingerprint density at radius 1 is 1.00 bits per heavy atom. The second kappa shape index (κ2) is 7.52. The molecule has 1 aliphatic carbocycles. The monoisotopic (exact) mass is 323 g/mol. The molecule has 0 radical (unpaired) electrons. The van der Waals surface area contributed by atoms with Crippen LogP contribution >= 0.6 is 0 Å². The molecule has 3 nitrogen and oxygen atoms in total. The second-order valence-corrected chi connectivity index (χ2v) is 6.63. The van der Waals surface area contributed by atoms with Crippen LogP contribution in [-0.2, 0) is 10.2 Å². The third kappa shape index (κ3) is 3.61. The zero-order chi connectivity index (χ0) is 16.8. The standard InChI is InChI=1S/C21H25NO2/c1-24-19-13-7-6-12-18(19)22-20(23)16-21(14-8-3-9-15-21)17-10-4-2-5-11-17/h2,4-7,10-13H,3,8-9,14-16H2,1H3,(H,22,23). The molecular weight excluding hydrogens is 298 g/mol. The van der Waals surface area contributed by atoms with Gasteiger partial charge in [0, 0.05) is 11.8 Å². The highest BCUT2D eigenvalue weighted by atomic mass is 16.5. The van der Waals surface area contributed by atoms with E-state index in [1.54, 1.807) is 7.11 Å². The van der Waals surface area contributed by atoms with Crippen molar-refractivity contribution in [3.63, 3.8) is 0 Å². The fourth-order valence-electron chi connectivity index (χ4n) is 3.84. The van der Waals surface area contributed by atoms with Crippen molar-refractivity contribution in [3.05, 3.63) is 60.2 Å². The Bertz CT molecular complexity index is 675. The molecule has 0 heterocycles. The molecule has 0 spiro atoms. The minimum Gasteiger partial charge on any atom is -0.495 e. The van der Waals surface area contributed by atoms with Crippen molar-refractivity contribution in [2.24, 2.45) is 0 Å². The molecule has 1 amide bonds. The molecule has 2 aromatic rings. The van der Waals surface area contributed by atoms with Crippen molar-refractivity contribution in [1.29, 1.82) is 0 Å². The summed E-state index contributed by atoms with van der Waals surface area (Å²) in [6, 6.07) is 18.1. The maximum absolute atomic E-state index is 12.8. The largest absolute Gasteiger partial charge is 0.495 e. The second-order valence-electron chi connectivity index (χ2n) is 6.63. The molecule has 1 N–H and O–H groups in total. The lowest BCUT2D eigenvalue weighted by Gasteiger charge is -2.37. The predicted molar refractivity (Wildman–Crippen MR) is 97.4 cm³/mol. The van der Waals surface area contributed by atoms with E-state index >= 15 is 0 Å². The number of hydrogen-bond acceptors (Lipinski definition) is 2. The van der Waals surface area contributed by atoms with Gasteiger partial charge in [-0.25, -0.2) is 0 Å². The minimum absolute atomic E-state index is 0.0361. The molecule has 0 bridgehead atoms. The van der Waals surface area contributed by atoms with Crippen LogP contribution in [0.4, 0.5) is 5.69 Å². The number of ether oxygens (including phenoxy) is 1. The van der Waals surface area contributed by atoms with Gasteiger partial charge in [-0.1, -0.05) is 61.7 Å². The number of para-hydroxylation sites is 2. The van der Waals surface area contributed by atoms with E-state index < -0.39 is 0 Å². The summed E-state index contributed by atoms with van der Waals surface area (Å²) < 4.78 is 5.33. The SMILES string of the molecule is COc1ccccc1NC(=O)CC1(c2ccccc2)CCCCC1. The van der Waals surface area contributed by atoms with Crippen molar-refractivity contribution in [2.75, 3.05) is 12.4 Å². The number of rotatable bonds is 5. The van der Waals surface area contributed by atoms with Gasteiger partial charge < -0.3 is 10.1 Å². The van der Waals surface area contributed by atoms with Crippen molar-refractivity contribution >= 4 is 11.6 Å². The van der Waals surface area contributed by atoms with Crippen LogP contribution in [0.25, 0.3) is 0 Å². The van der Waals surface area contributed by atoms with Crippen molar-refractivity contribution < 1.29 is 9.53 Å². The van der Waals surface area contributed by atoms with Crippen LogP contribution in [0.2, 0.25) is 0 Å². The number of methoxy groups -OCH3 is 1. The summed E-state index contributed by atoms with van der Waals surface area (Å²) >= 11 is 0. The summed E-state index contributed by atoms with van der Waals surface area (Å²) in [5.74, 6) is 0.758. The molecule has 0 aromatic heterocycles. The third-order valence-electron chi connectivity index (χ3n) is 5.08. The van der Waals surface area contributed by atoms with Crippen molar-refractivity contribution in [2.45, 2.75) is 43.9 Å². The first-order chi connectivity index (χ1) is 11.7. The number of amides is 1. The summed E-state index contributed by atoms with van der Waals surface area (Å²) in [5.41, 5.74) is 2.00. The van der Waals surface area contributed by atoms with E-state index in [9.17, 15) is 4.79 Å². The molecule has 0 saturated heterocycles. The maximum atomic E-state index is 12.8. The molecule has 2 aromatic carbocycles. The average Bonchev–Trinajstić information content (AvgIpc) is 2.63. The summed E-state index contributed by atoms with van der Waals surface area (Å²) in [6.07, 6.45) is 6.33. The molecule has 1 fully saturated rings. The lowest BCUT2D eigenvalue weighted by atomic mass is 9.67. The predicted octanol–water partition coefficient (Wildman–Crippen LogP) is 4.93. The maximum Gasteiger partial charge on any atom is 0.225 e. The van der Waals surface area contributed by atoms with Crippen molar-refractivity contribution in [1.82, 2.24) is 0 Å². The van der Waals surface area contributed by atoms with Gasteiger partial charge in [-0.2, -0.15) is 0 Å². The van der Waals surface area contributed by atoms with E-state index in [4.69, 9.17) is 4.74 Å². The van der Waals surface area contributed by atoms with E-state index in [1.165, 1.54) is 24.8 Å². The Hall–Kier alpha value is -2.29. The zero-order valence-electron chi connectivity index (χ0n) is 14.3. The molecule has 1 aliphatic rings. The Labute approximate surface area is 144 Å². The zero-order valence-corrected chi connectivity index (χ0v) is 14.3. The lowest BCUT2D eigenvalue weighted by Crippen LogP contribution is -2.34. The van der Waals surface area contributed by atoms with E-state index in [0.29, 0.717) is 12.2 Å².